The molecule has 5 nitrogen and oxygen atoms in total. The van der Waals surface area contributed by atoms with E-state index >= 15 is 0 Å². The number of ether oxygens (including phenoxy) is 2. The van der Waals surface area contributed by atoms with Crippen molar-refractivity contribution in [1.29, 1.82) is 0 Å². The van der Waals surface area contributed by atoms with Gasteiger partial charge in [0.05, 0.1) is 20.8 Å². The fraction of sp³-hybridized carbons (Fsp3) is 0.381. The molecule has 1 atom stereocenters. The van der Waals surface area contributed by atoms with Crippen molar-refractivity contribution < 1.29 is 18.7 Å². The minimum absolute atomic E-state index is 0.0792. The van der Waals surface area contributed by atoms with Gasteiger partial charge in [-0.2, -0.15) is 0 Å². The van der Waals surface area contributed by atoms with Crippen LogP contribution < -0.4 is 14.8 Å². The zero-order chi connectivity index (χ0) is 19.4. The number of carbonyl (C=O) groups is 1. The van der Waals surface area contributed by atoms with E-state index in [1.54, 1.807) is 33.3 Å². The molecule has 0 unspecified atom stereocenters. The van der Waals surface area contributed by atoms with E-state index in [0.29, 0.717) is 11.3 Å². The van der Waals surface area contributed by atoms with Gasteiger partial charge in [0.1, 0.15) is 17.3 Å². The van der Waals surface area contributed by atoms with E-state index in [0.717, 1.165) is 36.4 Å². The molecule has 1 fully saturated rings. The lowest BCUT2D eigenvalue weighted by molar-refractivity contribution is -0.117. The van der Waals surface area contributed by atoms with Gasteiger partial charge in [0.25, 0.3) is 0 Å². The highest BCUT2D eigenvalue weighted by atomic mass is 19.1. The average molecular weight is 372 g/mol. The first-order chi connectivity index (χ1) is 13.0. The Labute approximate surface area is 159 Å². The van der Waals surface area contributed by atoms with Gasteiger partial charge in [0.15, 0.2) is 0 Å². The smallest absolute Gasteiger partial charge is 0.238 e. The second-order valence-electron chi connectivity index (χ2n) is 6.75. The molecule has 0 radical (unpaired) electrons. The average Bonchev–Trinajstić information content (AvgIpc) is 3.11. The van der Waals surface area contributed by atoms with E-state index in [-0.39, 0.29) is 24.3 Å². The Morgan fingerprint density at radius 2 is 2.04 bits per heavy atom. The molecule has 0 saturated carbocycles. The Morgan fingerprint density at radius 3 is 2.74 bits per heavy atom. The maximum Gasteiger partial charge on any atom is 0.238 e. The monoisotopic (exact) mass is 372 g/mol. The molecule has 1 N–H and O–H groups in total. The molecule has 1 amide bonds. The minimum atomic E-state index is -0.326. The summed E-state index contributed by atoms with van der Waals surface area (Å²) in [5, 5.41) is 2.78. The van der Waals surface area contributed by atoms with Gasteiger partial charge in [-0.25, -0.2) is 4.39 Å². The number of halogens is 1. The highest BCUT2D eigenvalue weighted by molar-refractivity contribution is 5.92. The number of nitrogens with zero attached hydrogens (tertiary/aromatic N) is 1. The summed E-state index contributed by atoms with van der Waals surface area (Å²) in [4.78, 5) is 14.6. The minimum Gasteiger partial charge on any atom is -0.497 e. The van der Waals surface area contributed by atoms with Crippen LogP contribution in [0.5, 0.6) is 11.5 Å². The summed E-state index contributed by atoms with van der Waals surface area (Å²) >= 11 is 0. The van der Waals surface area contributed by atoms with Crippen LogP contribution in [0.4, 0.5) is 10.1 Å². The molecule has 27 heavy (non-hydrogen) atoms. The quantitative estimate of drug-likeness (QED) is 0.835. The third-order valence-electron chi connectivity index (χ3n) is 4.96. The number of nitrogens with one attached hydrogen (secondary N) is 1. The molecular weight excluding hydrogens is 347 g/mol. The zero-order valence-electron chi connectivity index (χ0n) is 15.9. The van der Waals surface area contributed by atoms with Gasteiger partial charge in [-0.1, -0.05) is 6.07 Å². The molecule has 3 rings (SSSR count). The number of rotatable bonds is 6. The van der Waals surface area contributed by atoms with Crippen molar-refractivity contribution in [2.75, 3.05) is 32.6 Å². The van der Waals surface area contributed by atoms with Crippen LogP contribution in [0.1, 0.15) is 30.0 Å². The predicted molar refractivity (Wildman–Crippen MR) is 103 cm³/mol. The summed E-state index contributed by atoms with van der Waals surface area (Å²) in [7, 11) is 3.27. The fourth-order valence-corrected chi connectivity index (χ4v) is 3.52. The van der Waals surface area contributed by atoms with Crippen molar-refractivity contribution >= 4 is 11.6 Å². The van der Waals surface area contributed by atoms with E-state index in [9.17, 15) is 9.18 Å². The van der Waals surface area contributed by atoms with Crippen LogP contribution in [-0.4, -0.2) is 38.1 Å². The molecular formula is C21H25FN2O3. The van der Waals surface area contributed by atoms with Gasteiger partial charge < -0.3 is 14.8 Å². The van der Waals surface area contributed by atoms with Gasteiger partial charge in [0.2, 0.25) is 5.91 Å². The van der Waals surface area contributed by atoms with E-state index < -0.39 is 0 Å². The highest BCUT2D eigenvalue weighted by Gasteiger charge is 2.30. The van der Waals surface area contributed by atoms with E-state index in [4.69, 9.17) is 9.47 Å². The first kappa shape index (κ1) is 19.2. The molecule has 0 aromatic heterocycles. The molecule has 1 aliphatic heterocycles. The molecule has 2 aromatic rings. The Hall–Kier alpha value is -2.60. The van der Waals surface area contributed by atoms with E-state index in [1.165, 1.54) is 6.07 Å². The molecule has 0 bridgehead atoms. The van der Waals surface area contributed by atoms with Crippen molar-refractivity contribution in [1.82, 2.24) is 4.90 Å². The third-order valence-corrected chi connectivity index (χ3v) is 4.96. The molecule has 6 heteroatoms. The van der Waals surface area contributed by atoms with Crippen LogP contribution in [0.25, 0.3) is 0 Å². The van der Waals surface area contributed by atoms with Crippen molar-refractivity contribution in [3.8, 4) is 11.5 Å². The number of methoxy groups -OCH3 is 2. The van der Waals surface area contributed by atoms with Crippen LogP contribution in [-0.2, 0) is 4.79 Å². The number of hydrogen-bond acceptors (Lipinski definition) is 4. The van der Waals surface area contributed by atoms with Crippen molar-refractivity contribution in [3.05, 3.63) is 53.3 Å². The first-order valence-electron chi connectivity index (χ1n) is 9.04. The number of amides is 1. The number of carbonyl (C=O) groups excluding carboxylic acids is 1. The molecule has 2 aromatic carbocycles. The second kappa shape index (κ2) is 8.39. The number of hydrogen-bond donors (Lipinski definition) is 1. The maximum absolute atomic E-state index is 13.7. The van der Waals surface area contributed by atoms with Crippen molar-refractivity contribution in [2.24, 2.45) is 0 Å². The van der Waals surface area contributed by atoms with Gasteiger partial charge in [0, 0.05) is 17.3 Å². The first-order valence-corrected chi connectivity index (χ1v) is 9.04. The van der Waals surface area contributed by atoms with Gasteiger partial charge >= 0.3 is 0 Å². The Balaban J connectivity index is 1.73. The van der Waals surface area contributed by atoms with Gasteiger partial charge in [-0.15, -0.1) is 0 Å². The second-order valence-corrected chi connectivity index (χ2v) is 6.75. The summed E-state index contributed by atoms with van der Waals surface area (Å²) in [6.45, 7) is 2.75. The largest absolute Gasteiger partial charge is 0.497 e. The fourth-order valence-electron chi connectivity index (χ4n) is 3.52. The number of aryl methyl sites for hydroxylation is 1. The lowest BCUT2D eigenvalue weighted by atomic mass is 10.0. The zero-order valence-corrected chi connectivity index (χ0v) is 15.9. The summed E-state index contributed by atoms with van der Waals surface area (Å²) in [6.07, 6.45) is 1.94. The number of anilines is 1. The van der Waals surface area contributed by atoms with Gasteiger partial charge in [-0.3, -0.25) is 9.69 Å². The SMILES string of the molecule is COc1ccc(OC)c([C@@H]2CCCN2CC(=O)Nc2ccc(C)c(F)c2)c1. The molecule has 1 heterocycles. The van der Waals surface area contributed by atoms with Crippen molar-refractivity contribution in [2.45, 2.75) is 25.8 Å². The Bertz CT molecular complexity index is 825. The number of benzene rings is 2. The summed E-state index contributed by atoms with van der Waals surface area (Å²) < 4.78 is 24.5. The Kier molecular flexibility index (Phi) is 5.96. The lowest BCUT2D eigenvalue weighted by Crippen LogP contribution is -2.33. The third kappa shape index (κ3) is 4.39. The predicted octanol–water partition coefficient (Wildman–Crippen LogP) is 3.93. The summed E-state index contributed by atoms with van der Waals surface area (Å²) in [6, 6.07) is 10.5. The lowest BCUT2D eigenvalue weighted by Gasteiger charge is -2.26. The summed E-state index contributed by atoms with van der Waals surface area (Å²) in [5.74, 6) is 1.06. The van der Waals surface area contributed by atoms with Crippen LogP contribution >= 0.6 is 0 Å². The van der Waals surface area contributed by atoms with Gasteiger partial charge in [-0.05, 0) is 62.2 Å². The highest BCUT2D eigenvalue weighted by Crippen LogP contribution is 2.38. The van der Waals surface area contributed by atoms with Crippen LogP contribution in [0.15, 0.2) is 36.4 Å². The summed E-state index contributed by atoms with van der Waals surface area (Å²) in [5.41, 5.74) is 2.04. The molecule has 0 aliphatic carbocycles. The number of likely N-dealkylation sites (tertiary alicyclic amines) is 1. The normalized spacial score (nSPS) is 17.0. The topological polar surface area (TPSA) is 50.8 Å². The van der Waals surface area contributed by atoms with E-state index in [2.05, 4.69) is 10.2 Å². The van der Waals surface area contributed by atoms with Crippen LogP contribution in [0.2, 0.25) is 0 Å². The molecule has 1 saturated heterocycles. The van der Waals surface area contributed by atoms with E-state index in [1.807, 2.05) is 18.2 Å². The maximum atomic E-state index is 13.7. The Morgan fingerprint density at radius 1 is 1.22 bits per heavy atom. The molecule has 144 valence electrons. The van der Waals surface area contributed by atoms with Crippen LogP contribution in [0.3, 0.4) is 0 Å². The van der Waals surface area contributed by atoms with Crippen LogP contribution in [0, 0.1) is 12.7 Å². The molecule has 0 spiro atoms. The standard InChI is InChI=1S/C21H25FN2O3/c1-14-6-7-15(11-18(14)22)23-21(25)13-24-10-4-5-19(24)17-12-16(26-2)8-9-20(17)27-3/h6-9,11-12,19H,4-5,10,13H2,1-3H3,(H,23,25)/t19-/m0/s1. The molecule has 1 aliphatic rings. The van der Waals surface area contributed by atoms with Crippen molar-refractivity contribution in [3.63, 3.8) is 0 Å².